The van der Waals surface area contributed by atoms with Gasteiger partial charge in [-0.2, -0.15) is 0 Å². The van der Waals surface area contributed by atoms with E-state index in [1.54, 1.807) is 6.07 Å². The van der Waals surface area contributed by atoms with E-state index in [1.165, 1.54) is 6.33 Å². The highest BCUT2D eigenvalue weighted by Crippen LogP contribution is 2.10. The van der Waals surface area contributed by atoms with Crippen LogP contribution in [-0.4, -0.2) is 42.8 Å². The van der Waals surface area contributed by atoms with E-state index in [2.05, 4.69) is 15.3 Å². The number of nitrogens with zero attached hydrogens (tertiary/aromatic N) is 2. The average Bonchev–Trinajstić information content (AvgIpc) is 2.29. The number of hydrogen-bond donors (Lipinski definition) is 1. The molecule has 0 saturated heterocycles. The summed E-state index contributed by atoms with van der Waals surface area (Å²) >= 11 is 0. The van der Waals surface area contributed by atoms with Crippen LogP contribution in [0.2, 0.25) is 0 Å². The Morgan fingerprint density at radius 1 is 1.41 bits per heavy atom. The van der Waals surface area contributed by atoms with Crippen molar-refractivity contribution in [3.63, 3.8) is 0 Å². The monoisotopic (exact) mass is 247 g/mol. The van der Waals surface area contributed by atoms with E-state index < -0.39 is 13.0 Å². The maximum absolute atomic E-state index is 11.7. The molecule has 0 saturated carbocycles. The molecular weight excluding hydrogens is 232 g/mol. The second kappa shape index (κ2) is 7.72. The van der Waals surface area contributed by atoms with Crippen LogP contribution in [0.3, 0.4) is 0 Å². The fourth-order valence-electron chi connectivity index (χ4n) is 1.09. The Labute approximate surface area is 98.2 Å². The maximum atomic E-state index is 11.7. The summed E-state index contributed by atoms with van der Waals surface area (Å²) in [6, 6.07) is 1.64. The van der Waals surface area contributed by atoms with Crippen LogP contribution in [0.25, 0.3) is 0 Å². The van der Waals surface area contributed by atoms with Crippen molar-refractivity contribution in [2.45, 2.75) is 13.3 Å². The van der Waals surface area contributed by atoms with Crippen LogP contribution < -0.4 is 10.1 Å². The SMILES string of the molecule is CCOc1cc(NCCOCC(F)F)ncn1. The number of halogens is 2. The number of hydrogen-bond acceptors (Lipinski definition) is 5. The van der Waals surface area contributed by atoms with E-state index in [1.807, 2.05) is 6.92 Å². The summed E-state index contributed by atoms with van der Waals surface area (Å²) < 4.78 is 33.4. The zero-order chi connectivity index (χ0) is 12.5. The summed E-state index contributed by atoms with van der Waals surface area (Å²) in [5.74, 6) is 1.04. The van der Waals surface area contributed by atoms with Gasteiger partial charge in [-0.3, -0.25) is 0 Å². The van der Waals surface area contributed by atoms with Gasteiger partial charge in [-0.05, 0) is 6.92 Å². The molecule has 1 aromatic rings. The van der Waals surface area contributed by atoms with Crippen LogP contribution in [0.5, 0.6) is 5.88 Å². The molecule has 96 valence electrons. The van der Waals surface area contributed by atoms with Gasteiger partial charge in [0.1, 0.15) is 18.8 Å². The lowest BCUT2D eigenvalue weighted by Gasteiger charge is -2.07. The molecule has 0 aliphatic carbocycles. The van der Waals surface area contributed by atoms with Crippen molar-refractivity contribution in [2.75, 3.05) is 31.7 Å². The third-order valence-electron chi connectivity index (χ3n) is 1.73. The molecule has 7 heteroatoms. The number of aromatic nitrogens is 2. The summed E-state index contributed by atoms with van der Waals surface area (Å²) in [5, 5.41) is 2.92. The third-order valence-corrected chi connectivity index (χ3v) is 1.73. The van der Waals surface area contributed by atoms with Crippen molar-refractivity contribution in [3.05, 3.63) is 12.4 Å². The highest BCUT2D eigenvalue weighted by Gasteiger charge is 2.02. The number of nitrogens with one attached hydrogen (secondary N) is 1. The average molecular weight is 247 g/mol. The topological polar surface area (TPSA) is 56.3 Å². The standard InChI is InChI=1S/C10H15F2N3O2/c1-2-17-10-5-9(14-7-15-10)13-3-4-16-6-8(11)12/h5,7-8H,2-4,6H2,1H3,(H,13,14,15). The van der Waals surface area contributed by atoms with Gasteiger partial charge < -0.3 is 14.8 Å². The van der Waals surface area contributed by atoms with Gasteiger partial charge in [0, 0.05) is 12.6 Å². The minimum atomic E-state index is -2.43. The Morgan fingerprint density at radius 2 is 2.24 bits per heavy atom. The smallest absolute Gasteiger partial charge is 0.261 e. The minimum absolute atomic E-state index is 0.193. The van der Waals surface area contributed by atoms with Crippen molar-refractivity contribution >= 4 is 5.82 Å². The minimum Gasteiger partial charge on any atom is -0.478 e. The van der Waals surface area contributed by atoms with Crippen LogP contribution in [0.15, 0.2) is 12.4 Å². The van der Waals surface area contributed by atoms with Crippen LogP contribution in [-0.2, 0) is 4.74 Å². The Hall–Kier alpha value is -1.50. The van der Waals surface area contributed by atoms with Gasteiger partial charge >= 0.3 is 0 Å². The van der Waals surface area contributed by atoms with E-state index >= 15 is 0 Å². The molecule has 0 unspecified atom stereocenters. The van der Waals surface area contributed by atoms with E-state index in [9.17, 15) is 8.78 Å². The lowest BCUT2D eigenvalue weighted by molar-refractivity contribution is 0.0215. The Kier molecular flexibility index (Phi) is 6.16. The summed E-state index contributed by atoms with van der Waals surface area (Å²) in [6.45, 7) is 2.42. The summed E-state index contributed by atoms with van der Waals surface area (Å²) in [4.78, 5) is 7.84. The van der Waals surface area contributed by atoms with E-state index in [-0.39, 0.29) is 6.61 Å². The Balaban J connectivity index is 2.24. The van der Waals surface area contributed by atoms with E-state index in [4.69, 9.17) is 9.47 Å². The van der Waals surface area contributed by atoms with Crippen molar-refractivity contribution in [1.82, 2.24) is 9.97 Å². The normalized spacial score (nSPS) is 10.6. The van der Waals surface area contributed by atoms with Crippen LogP contribution >= 0.6 is 0 Å². The van der Waals surface area contributed by atoms with E-state index in [0.717, 1.165) is 0 Å². The molecule has 1 N–H and O–H groups in total. The molecule has 0 spiro atoms. The zero-order valence-electron chi connectivity index (χ0n) is 9.53. The number of anilines is 1. The first-order chi connectivity index (χ1) is 8.22. The van der Waals surface area contributed by atoms with Crippen molar-refractivity contribution < 1.29 is 18.3 Å². The first kappa shape index (κ1) is 13.6. The fraction of sp³-hybridized carbons (Fsp3) is 0.600. The lowest BCUT2D eigenvalue weighted by Crippen LogP contribution is -2.13. The van der Waals surface area contributed by atoms with Gasteiger partial charge in [-0.25, -0.2) is 18.7 Å². The second-order valence-corrected chi connectivity index (χ2v) is 3.07. The Bertz CT molecular complexity index is 326. The zero-order valence-corrected chi connectivity index (χ0v) is 9.53. The number of rotatable bonds is 8. The lowest BCUT2D eigenvalue weighted by atomic mass is 10.5. The van der Waals surface area contributed by atoms with Gasteiger partial charge in [0.05, 0.1) is 13.2 Å². The predicted octanol–water partition coefficient (Wildman–Crippen LogP) is 1.57. The predicted molar refractivity (Wildman–Crippen MR) is 58.5 cm³/mol. The van der Waals surface area contributed by atoms with Gasteiger partial charge in [0.25, 0.3) is 6.43 Å². The molecule has 0 atom stereocenters. The highest BCUT2D eigenvalue weighted by atomic mass is 19.3. The molecule has 1 aromatic heterocycles. The largest absolute Gasteiger partial charge is 0.478 e. The molecule has 0 aromatic carbocycles. The summed E-state index contributed by atoms with van der Waals surface area (Å²) in [6.07, 6.45) is -1.06. The molecule has 0 radical (unpaired) electrons. The molecule has 0 bridgehead atoms. The van der Waals surface area contributed by atoms with E-state index in [0.29, 0.717) is 24.8 Å². The summed E-state index contributed by atoms with van der Waals surface area (Å²) in [5.41, 5.74) is 0. The van der Waals surface area contributed by atoms with Gasteiger partial charge in [0.2, 0.25) is 5.88 Å². The molecule has 0 fully saturated rings. The van der Waals surface area contributed by atoms with Crippen LogP contribution in [0, 0.1) is 0 Å². The van der Waals surface area contributed by atoms with Crippen molar-refractivity contribution in [2.24, 2.45) is 0 Å². The molecule has 0 aliphatic rings. The first-order valence-electron chi connectivity index (χ1n) is 5.27. The molecule has 1 rings (SSSR count). The van der Waals surface area contributed by atoms with Crippen LogP contribution in [0.1, 0.15) is 6.92 Å². The summed E-state index contributed by atoms with van der Waals surface area (Å²) in [7, 11) is 0. The van der Waals surface area contributed by atoms with Gasteiger partial charge in [0.15, 0.2) is 0 Å². The third kappa shape index (κ3) is 5.96. The van der Waals surface area contributed by atoms with Gasteiger partial charge in [-0.15, -0.1) is 0 Å². The first-order valence-corrected chi connectivity index (χ1v) is 5.27. The number of alkyl halides is 2. The maximum Gasteiger partial charge on any atom is 0.261 e. The molecule has 0 aliphatic heterocycles. The molecule has 17 heavy (non-hydrogen) atoms. The molecule has 5 nitrogen and oxygen atoms in total. The van der Waals surface area contributed by atoms with Crippen molar-refractivity contribution in [3.8, 4) is 5.88 Å². The number of ether oxygens (including phenoxy) is 2. The van der Waals surface area contributed by atoms with Crippen LogP contribution in [0.4, 0.5) is 14.6 Å². The van der Waals surface area contributed by atoms with Gasteiger partial charge in [-0.1, -0.05) is 0 Å². The second-order valence-electron chi connectivity index (χ2n) is 3.07. The molecule has 1 heterocycles. The van der Waals surface area contributed by atoms with Crippen molar-refractivity contribution in [1.29, 1.82) is 0 Å². The fourth-order valence-corrected chi connectivity index (χ4v) is 1.09. The molecular formula is C10H15F2N3O2. The highest BCUT2D eigenvalue weighted by molar-refractivity contribution is 5.36. The quantitative estimate of drug-likeness (QED) is 0.707. The Morgan fingerprint density at radius 3 is 2.94 bits per heavy atom. The molecule has 0 amide bonds.